The fraction of sp³-hybridized carbons (Fsp3) is 0.118. The van der Waals surface area contributed by atoms with E-state index in [2.05, 4.69) is 15.8 Å². The highest BCUT2D eigenvalue weighted by molar-refractivity contribution is 7.80. The highest BCUT2D eigenvalue weighted by atomic mass is 32.1. The molecule has 5 heteroatoms. The van der Waals surface area contributed by atoms with Crippen molar-refractivity contribution >= 4 is 28.8 Å². The van der Waals surface area contributed by atoms with Crippen LogP contribution in [0.4, 0.5) is 0 Å². The predicted molar refractivity (Wildman–Crippen MR) is 90.9 cm³/mol. The lowest BCUT2D eigenvalue weighted by Crippen LogP contribution is -2.32. The second kappa shape index (κ2) is 6.49. The Kier molecular flexibility index (Phi) is 4.25. The maximum Gasteiger partial charge on any atom is 0.209 e. The normalized spacial score (nSPS) is 14.7. The first-order valence-corrected chi connectivity index (χ1v) is 7.42. The average Bonchev–Trinajstić information content (AvgIpc) is 2.88. The van der Waals surface area contributed by atoms with Crippen molar-refractivity contribution in [3.8, 4) is 0 Å². The number of nitrogens with one attached hydrogen (secondary N) is 2. The molecule has 4 nitrogen and oxygen atoms in total. The van der Waals surface area contributed by atoms with Crippen molar-refractivity contribution < 1.29 is 4.79 Å². The summed E-state index contributed by atoms with van der Waals surface area (Å²) in [5.41, 5.74) is 6.11. The Hall–Kier alpha value is -2.53. The summed E-state index contributed by atoms with van der Waals surface area (Å²) in [5, 5.41) is 7.61. The molecular formula is C17H15N3OS. The SMILES string of the molecule is O=C1C(=NNC(=S)NCc2ccccc2)Cc2ccccc21. The monoisotopic (exact) mass is 309 g/mol. The second-order valence-electron chi connectivity index (χ2n) is 5.00. The molecule has 1 aliphatic rings. The molecule has 0 atom stereocenters. The molecule has 0 aliphatic heterocycles. The van der Waals surface area contributed by atoms with Gasteiger partial charge in [-0.1, -0.05) is 54.6 Å². The standard InChI is InChI=1S/C17H15N3OS/c21-16-14-9-5-4-8-13(14)10-15(16)19-20-17(22)18-11-12-6-2-1-3-7-12/h1-9H,10-11H2,(H2,18,20,22). The molecular weight excluding hydrogens is 294 g/mol. The van der Waals surface area contributed by atoms with E-state index in [1.807, 2.05) is 54.6 Å². The van der Waals surface area contributed by atoms with Crippen molar-refractivity contribution in [3.05, 3.63) is 71.3 Å². The molecule has 0 unspecified atom stereocenters. The van der Waals surface area contributed by atoms with Crippen molar-refractivity contribution in [2.45, 2.75) is 13.0 Å². The van der Waals surface area contributed by atoms with Gasteiger partial charge in [0.2, 0.25) is 5.78 Å². The van der Waals surface area contributed by atoms with Crippen LogP contribution in [0.1, 0.15) is 21.5 Å². The van der Waals surface area contributed by atoms with E-state index in [0.29, 0.717) is 23.8 Å². The fourth-order valence-corrected chi connectivity index (χ4v) is 2.46. The first-order chi connectivity index (χ1) is 10.7. The number of hydrogen-bond acceptors (Lipinski definition) is 3. The molecule has 2 aromatic rings. The number of carbonyl (C=O) groups is 1. The number of Topliss-reactive ketones (excluding diaryl/α,β-unsaturated/α-hetero) is 1. The van der Waals surface area contributed by atoms with Gasteiger partial charge in [0, 0.05) is 18.5 Å². The Morgan fingerprint density at radius 1 is 1.09 bits per heavy atom. The summed E-state index contributed by atoms with van der Waals surface area (Å²) >= 11 is 5.17. The van der Waals surface area contributed by atoms with E-state index >= 15 is 0 Å². The minimum atomic E-state index is -0.0334. The number of carbonyl (C=O) groups excluding carboxylic acids is 1. The molecule has 110 valence electrons. The average molecular weight is 309 g/mol. The van der Waals surface area contributed by atoms with Crippen LogP contribution in [0.3, 0.4) is 0 Å². The minimum Gasteiger partial charge on any atom is -0.357 e. The zero-order valence-corrected chi connectivity index (χ0v) is 12.7. The van der Waals surface area contributed by atoms with Crippen molar-refractivity contribution in [2.24, 2.45) is 5.10 Å². The molecule has 3 rings (SSSR count). The van der Waals surface area contributed by atoms with E-state index in [4.69, 9.17) is 12.2 Å². The lowest BCUT2D eigenvalue weighted by atomic mass is 10.1. The molecule has 0 saturated carbocycles. The molecule has 0 spiro atoms. The summed E-state index contributed by atoms with van der Waals surface area (Å²) in [7, 11) is 0. The van der Waals surface area contributed by atoms with Gasteiger partial charge in [-0.3, -0.25) is 10.2 Å². The molecule has 0 bridgehead atoms. The van der Waals surface area contributed by atoms with E-state index in [0.717, 1.165) is 16.7 Å². The molecule has 0 radical (unpaired) electrons. The van der Waals surface area contributed by atoms with Gasteiger partial charge in [0.15, 0.2) is 5.11 Å². The Balaban J connectivity index is 1.56. The zero-order valence-electron chi connectivity index (χ0n) is 11.9. The van der Waals surface area contributed by atoms with Crippen molar-refractivity contribution in [1.82, 2.24) is 10.7 Å². The summed E-state index contributed by atoms with van der Waals surface area (Å²) in [6, 6.07) is 17.5. The first kappa shape index (κ1) is 14.4. The minimum absolute atomic E-state index is 0.0334. The van der Waals surface area contributed by atoms with Gasteiger partial charge < -0.3 is 5.32 Å². The Bertz CT molecular complexity index is 741. The van der Waals surface area contributed by atoms with E-state index < -0.39 is 0 Å². The number of nitrogens with zero attached hydrogens (tertiary/aromatic N) is 1. The molecule has 1 aliphatic carbocycles. The summed E-state index contributed by atoms with van der Waals surface area (Å²) in [4.78, 5) is 12.2. The summed E-state index contributed by atoms with van der Waals surface area (Å²) < 4.78 is 0. The van der Waals surface area contributed by atoms with Gasteiger partial charge in [-0.25, -0.2) is 0 Å². The van der Waals surface area contributed by atoms with Crippen LogP contribution >= 0.6 is 12.2 Å². The number of hydrazone groups is 1. The summed E-state index contributed by atoms with van der Waals surface area (Å²) in [6.07, 6.45) is 0.545. The Morgan fingerprint density at radius 2 is 1.82 bits per heavy atom. The van der Waals surface area contributed by atoms with Gasteiger partial charge in [-0.2, -0.15) is 5.10 Å². The molecule has 0 heterocycles. The van der Waals surface area contributed by atoms with Gasteiger partial charge in [0.1, 0.15) is 5.71 Å². The molecule has 2 N–H and O–H groups in total. The van der Waals surface area contributed by atoms with Gasteiger partial charge in [0.25, 0.3) is 0 Å². The molecule has 0 fully saturated rings. The van der Waals surface area contributed by atoms with Crippen LogP contribution in [0.5, 0.6) is 0 Å². The van der Waals surface area contributed by atoms with Crippen LogP contribution < -0.4 is 10.7 Å². The van der Waals surface area contributed by atoms with Gasteiger partial charge in [-0.15, -0.1) is 0 Å². The van der Waals surface area contributed by atoms with Crippen LogP contribution in [-0.4, -0.2) is 16.6 Å². The number of hydrogen-bond donors (Lipinski definition) is 2. The van der Waals surface area contributed by atoms with Gasteiger partial charge in [0.05, 0.1) is 0 Å². The van der Waals surface area contributed by atoms with Crippen LogP contribution in [-0.2, 0) is 13.0 Å². The van der Waals surface area contributed by atoms with E-state index in [1.165, 1.54) is 0 Å². The van der Waals surface area contributed by atoms with Crippen LogP contribution in [0.15, 0.2) is 59.7 Å². The smallest absolute Gasteiger partial charge is 0.209 e. The molecule has 0 aromatic heterocycles. The predicted octanol–water partition coefficient (Wildman–Crippen LogP) is 2.45. The molecule has 2 aromatic carbocycles. The number of ketones is 1. The maximum atomic E-state index is 12.2. The van der Waals surface area contributed by atoms with Crippen LogP contribution in [0.25, 0.3) is 0 Å². The second-order valence-corrected chi connectivity index (χ2v) is 5.41. The lowest BCUT2D eigenvalue weighted by Gasteiger charge is -2.07. The third-order valence-electron chi connectivity index (χ3n) is 3.47. The lowest BCUT2D eigenvalue weighted by molar-refractivity contribution is 0.106. The third-order valence-corrected chi connectivity index (χ3v) is 3.71. The van der Waals surface area contributed by atoms with Gasteiger partial charge in [-0.05, 0) is 23.3 Å². The zero-order chi connectivity index (χ0) is 15.4. The number of thiocarbonyl (C=S) groups is 1. The highest BCUT2D eigenvalue weighted by Gasteiger charge is 2.25. The highest BCUT2D eigenvalue weighted by Crippen LogP contribution is 2.19. The van der Waals surface area contributed by atoms with Gasteiger partial charge >= 0.3 is 0 Å². The van der Waals surface area contributed by atoms with E-state index in [9.17, 15) is 4.79 Å². The van der Waals surface area contributed by atoms with Crippen LogP contribution in [0, 0.1) is 0 Å². The van der Waals surface area contributed by atoms with Crippen molar-refractivity contribution in [1.29, 1.82) is 0 Å². The van der Waals surface area contributed by atoms with E-state index in [1.54, 1.807) is 0 Å². The third kappa shape index (κ3) is 3.20. The fourth-order valence-electron chi connectivity index (χ4n) is 2.34. The quantitative estimate of drug-likeness (QED) is 0.675. The first-order valence-electron chi connectivity index (χ1n) is 7.01. The molecule has 0 amide bonds. The number of rotatable bonds is 3. The van der Waals surface area contributed by atoms with Crippen molar-refractivity contribution in [3.63, 3.8) is 0 Å². The number of fused-ring (bicyclic) bond motifs is 1. The topological polar surface area (TPSA) is 53.5 Å². The summed E-state index contributed by atoms with van der Waals surface area (Å²) in [6.45, 7) is 0.617. The summed E-state index contributed by atoms with van der Waals surface area (Å²) in [5.74, 6) is -0.0334. The van der Waals surface area contributed by atoms with Crippen LogP contribution in [0.2, 0.25) is 0 Å². The Morgan fingerprint density at radius 3 is 2.59 bits per heavy atom. The Labute approximate surface area is 134 Å². The van der Waals surface area contributed by atoms with E-state index in [-0.39, 0.29) is 5.78 Å². The molecule has 22 heavy (non-hydrogen) atoms. The molecule has 0 saturated heterocycles. The van der Waals surface area contributed by atoms with Crippen molar-refractivity contribution in [2.75, 3.05) is 0 Å². The largest absolute Gasteiger partial charge is 0.357 e. The number of benzene rings is 2. The maximum absolute atomic E-state index is 12.2.